The summed E-state index contributed by atoms with van der Waals surface area (Å²) in [4.78, 5) is 39.4. The Kier molecular flexibility index (Phi) is 5.99. The van der Waals surface area contributed by atoms with Gasteiger partial charge in [0, 0.05) is 25.9 Å². The molecule has 2 fully saturated rings. The number of H-pyrrole nitrogens is 1. The minimum Gasteiger partial charge on any atom is -0.408 e. The second-order valence-corrected chi connectivity index (χ2v) is 8.62. The maximum absolute atomic E-state index is 13.5. The monoisotopic (exact) mass is 434 g/mol. The summed E-state index contributed by atoms with van der Waals surface area (Å²) in [6.45, 7) is 3.61. The van der Waals surface area contributed by atoms with Crippen molar-refractivity contribution < 1.29 is 18.5 Å². The van der Waals surface area contributed by atoms with Crippen LogP contribution >= 0.6 is 11.6 Å². The van der Waals surface area contributed by atoms with E-state index in [0.717, 1.165) is 58.3 Å². The molecule has 161 valence electrons. The third-order valence-corrected chi connectivity index (χ3v) is 6.97. The third kappa shape index (κ3) is 3.79. The normalized spacial score (nSPS) is 19.8. The van der Waals surface area contributed by atoms with Crippen molar-refractivity contribution >= 4 is 34.5 Å². The highest BCUT2D eigenvalue weighted by Gasteiger charge is 2.44. The van der Waals surface area contributed by atoms with Crippen molar-refractivity contribution in [1.82, 2.24) is 10.3 Å². The largest absolute Gasteiger partial charge is 0.417 e. The Labute approximate surface area is 179 Å². The van der Waals surface area contributed by atoms with Crippen LogP contribution in [0.25, 0.3) is 11.1 Å². The molecule has 4 N–H and O–H groups in total. The van der Waals surface area contributed by atoms with Gasteiger partial charge in [0.05, 0.1) is 36.1 Å². The van der Waals surface area contributed by atoms with Crippen molar-refractivity contribution in [2.75, 3.05) is 26.2 Å². The van der Waals surface area contributed by atoms with Gasteiger partial charge in [0.1, 0.15) is 5.52 Å². The summed E-state index contributed by atoms with van der Waals surface area (Å²) < 4.78 is 5.61. The molecule has 0 spiro atoms. The lowest BCUT2D eigenvalue weighted by Crippen LogP contribution is -2.63. The Bertz CT molecular complexity index is 1020. The molecule has 1 aromatic heterocycles. The highest BCUT2D eigenvalue weighted by molar-refractivity contribution is 6.36. The van der Waals surface area contributed by atoms with E-state index in [2.05, 4.69) is 10.3 Å². The van der Waals surface area contributed by atoms with Crippen molar-refractivity contribution in [3.8, 4) is 0 Å². The van der Waals surface area contributed by atoms with Gasteiger partial charge in [-0.2, -0.15) is 0 Å². The number of aromatic nitrogens is 1. The van der Waals surface area contributed by atoms with Gasteiger partial charge in [-0.05, 0) is 37.3 Å². The first-order valence-corrected chi connectivity index (χ1v) is 10.9. The van der Waals surface area contributed by atoms with E-state index in [4.69, 9.17) is 21.8 Å². The first-order chi connectivity index (χ1) is 14.4. The maximum Gasteiger partial charge on any atom is 0.417 e. The zero-order chi connectivity index (χ0) is 21.3. The topological polar surface area (TPSA) is 118 Å². The summed E-state index contributed by atoms with van der Waals surface area (Å²) in [5, 5.41) is 3.52. The Morgan fingerprint density at radius 1 is 1.23 bits per heavy atom. The fourth-order valence-corrected chi connectivity index (χ4v) is 5.34. The molecule has 0 saturated carbocycles. The van der Waals surface area contributed by atoms with Crippen LogP contribution in [0.15, 0.2) is 15.3 Å². The quantitative estimate of drug-likeness (QED) is 0.621. The zero-order valence-corrected chi connectivity index (χ0v) is 17.6. The van der Waals surface area contributed by atoms with Crippen LogP contribution in [-0.4, -0.2) is 53.5 Å². The predicted octanol–water partition coefficient (Wildman–Crippen LogP) is 1.90. The van der Waals surface area contributed by atoms with Gasteiger partial charge in [0.15, 0.2) is 5.58 Å². The van der Waals surface area contributed by atoms with Crippen molar-refractivity contribution in [3.05, 3.63) is 39.2 Å². The number of halogens is 1. The molecule has 0 aliphatic carbocycles. The molecule has 30 heavy (non-hydrogen) atoms. The number of piperidine rings is 2. The molecule has 2 aliphatic heterocycles. The fourth-order valence-electron chi connectivity index (χ4n) is 5.02. The molecule has 1 radical (unpaired) electrons. The molecule has 2 aromatic rings. The van der Waals surface area contributed by atoms with Crippen molar-refractivity contribution in [3.63, 3.8) is 0 Å². The van der Waals surface area contributed by atoms with Crippen LogP contribution in [0.5, 0.6) is 0 Å². The van der Waals surface area contributed by atoms with Gasteiger partial charge >= 0.3 is 11.7 Å². The van der Waals surface area contributed by atoms with E-state index in [9.17, 15) is 14.4 Å². The number of benzene rings is 1. The van der Waals surface area contributed by atoms with Gasteiger partial charge in [-0.15, -0.1) is 0 Å². The van der Waals surface area contributed by atoms with Crippen LogP contribution in [0, 0.1) is 6.42 Å². The molecule has 0 atom stereocenters. The molecule has 0 unspecified atom stereocenters. The number of hydrogen-bond acceptors (Lipinski definition) is 5. The van der Waals surface area contributed by atoms with Crippen LogP contribution in [0.2, 0.25) is 5.02 Å². The molecule has 2 amide bonds. The lowest BCUT2D eigenvalue weighted by molar-refractivity contribution is -0.884. The van der Waals surface area contributed by atoms with Crippen LogP contribution < -0.4 is 16.8 Å². The van der Waals surface area contributed by atoms with Crippen LogP contribution in [-0.2, 0) is 11.2 Å². The van der Waals surface area contributed by atoms with Crippen LogP contribution in [0.4, 0.5) is 0 Å². The SMILES string of the molecule is NC(=O)c1c(Cl)c(C[CH]C(=O)[N+]2(C3CCNCC3)CCCCC2)cc2oc(=O)[nH]c12. The van der Waals surface area contributed by atoms with E-state index in [1.807, 2.05) is 0 Å². The van der Waals surface area contributed by atoms with Gasteiger partial charge in [-0.1, -0.05) is 11.6 Å². The summed E-state index contributed by atoms with van der Waals surface area (Å²) in [6.07, 6.45) is 7.17. The number of amides is 2. The minimum atomic E-state index is -0.760. The maximum atomic E-state index is 13.5. The number of likely N-dealkylation sites (tertiary alicyclic amines) is 1. The minimum absolute atomic E-state index is 0.0103. The first kappa shape index (κ1) is 21.1. The number of fused-ring (bicyclic) bond motifs is 1. The number of oxazole rings is 1. The summed E-state index contributed by atoms with van der Waals surface area (Å²) >= 11 is 6.44. The average molecular weight is 435 g/mol. The standard InChI is InChI=1S/C21H26ClN4O4/c22-18-13(12-15-19(17(18)20(23)28)25-21(29)30-15)4-5-16(27)26(10-2-1-3-11-26)14-6-8-24-9-7-14/h5,12,14,24H,1-4,6-11H2,(H2-,23,25,28,29)/p+1. The number of quaternary nitrogens is 1. The lowest BCUT2D eigenvalue weighted by atomic mass is 9.94. The van der Waals surface area contributed by atoms with E-state index >= 15 is 0 Å². The van der Waals surface area contributed by atoms with Gasteiger partial charge in [0.2, 0.25) is 0 Å². The molecule has 4 rings (SSSR count). The van der Waals surface area contributed by atoms with E-state index in [1.165, 1.54) is 0 Å². The van der Waals surface area contributed by atoms with Gasteiger partial charge < -0.3 is 15.5 Å². The highest BCUT2D eigenvalue weighted by atomic mass is 35.5. The second kappa shape index (κ2) is 8.53. The number of hydrogen-bond donors (Lipinski definition) is 3. The molecule has 2 aliphatic rings. The van der Waals surface area contributed by atoms with Crippen LogP contribution in [0.1, 0.15) is 48.0 Å². The molecule has 8 nitrogen and oxygen atoms in total. The first-order valence-electron chi connectivity index (χ1n) is 10.5. The second-order valence-electron chi connectivity index (χ2n) is 8.25. The molecule has 1 aromatic carbocycles. The molecular weight excluding hydrogens is 408 g/mol. The van der Waals surface area contributed by atoms with Crippen LogP contribution in [0.3, 0.4) is 0 Å². The van der Waals surface area contributed by atoms with E-state index in [-0.39, 0.29) is 34.0 Å². The fraction of sp³-hybridized carbons (Fsp3) is 0.524. The summed E-state index contributed by atoms with van der Waals surface area (Å²) in [5.74, 6) is -1.34. The van der Waals surface area contributed by atoms with Crippen molar-refractivity contribution in [1.29, 1.82) is 0 Å². The number of rotatable bonds is 5. The molecular formula is C21H27ClN4O4+. The average Bonchev–Trinajstić information content (AvgIpc) is 3.12. The molecule has 9 heteroatoms. The van der Waals surface area contributed by atoms with Gasteiger partial charge in [0.25, 0.3) is 5.91 Å². The molecule has 3 heterocycles. The lowest BCUT2D eigenvalue weighted by Gasteiger charge is -2.46. The van der Waals surface area contributed by atoms with Crippen molar-refractivity contribution in [2.24, 2.45) is 5.73 Å². The Morgan fingerprint density at radius 3 is 2.60 bits per heavy atom. The van der Waals surface area contributed by atoms with Gasteiger partial charge in [-0.25, -0.2) is 9.59 Å². The molecule has 0 bridgehead atoms. The van der Waals surface area contributed by atoms with E-state index < -0.39 is 11.7 Å². The third-order valence-electron chi connectivity index (χ3n) is 6.54. The Hall–Kier alpha value is -2.16. The zero-order valence-electron chi connectivity index (χ0n) is 16.8. The summed E-state index contributed by atoms with van der Waals surface area (Å²) in [7, 11) is 0. The summed E-state index contributed by atoms with van der Waals surface area (Å²) in [5.41, 5.74) is 6.41. The van der Waals surface area contributed by atoms with Gasteiger partial charge in [-0.3, -0.25) is 14.3 Å². The van der Waals surface area contributed by atoms with E-state index in [1.54, 1.807) is 12.5 Å². The Morgan fingerprint density at radius 2 is 1.93 bits per heavy atom. The number of carbonyl (C=O) groups excluding carboxylic acids is 2. The number of nitrogens with two attached hydrogens (primary N) is 1. The predicted molar refractivity (Wildman–Crippen MR) is 113 cm³/mol. The Balaban J connectivity index is 1.60. The number of aromatic amines is 1. The summed E-state index contributed by atoms with van der Waals surface area (Å²) in [6, 6.07) is 1.92. The number of carbonyl (C=O) groups is 2. The smallest absolute Gasteiger partial charge is 0.408 e. The van der Waals surface area contributed by atoms with Crippen molar-refractivity contribution in [2.45, 2.75) is 44.6 Å². The molecule has 2 saturated heterocycles. The van der Waals surface area contributed by atoms with E-state index in [0.29, 0.717) is 16.1 Å². The number of nitrogens with zero attached hydrogens (tertiary/aromatic N) is 1. The number of nitrogens with one attached hydrogen (secondary N) is 2. The number of primary amides is 1. The highest BCUT2D eigenvalue weighted by Crippen LogP contribution is 2.32.